The molecule has 0 aromatic heterocycles. The Kier molecular flexibility index (Phi) is 5.02. The van der Waals surface area contributed by atoms with Crippen molar-refractivity contribution in [3.63, 3.8) is 0 Å². The van der Waals surface area contributed by atoms with Crippen LogP contribution in [0.5, 0.6) is 0 Å². The maximum absolute atomic E-state index is 5.84. The number of ether oxygens (including phenoxy) is 1. The molecule has 3 heteroatoms. The summed E-state index contributed by atoms with van der Waals surface area (Å²) >= 11 is 0. The third-order valence-corrected chi connectivity index (χ3v) is 3.50. The summed E-state index contributed by atoms with van der Waals surface area (Å²) in [7, 11) is 0. The van der Waals surface area contributed by atoms with Gasteiger partial charge in [0.05, 0.1) is 6.61 Å². The fraction of sp³-hybridized carbons (Fsp3) is 0.600. The van der Waals surface area contributed by atoms with Crippen molar-refractivity contribution in [3.8, 4) is 0 Å². The summed E-state index contributed by atoms with van der Waals surface area (Å²) in [6.07, 6.45) is 3.61. The molecule has 100 valence electrons. The van der Waals surface area contributed by atoms with E-state index >= 15 is 0 Å². The highest BCUT2D eigenvalue weighted by atomic mass is 16.5. The molecule has 1 saturated heterocycles. The number of nitrogen functional groups attached to an aromatic ring is 1. The Bertz CT molecular complexity index is 361. The third kappa shape index (κ3) is 3.72. The zero-order chi connectivity index (χ0) is 12.8. The van der Waals surface area contributed by atoms with Crippen LogP contribution in [0.25, 0.3) is 0 Å². The fourth-order valence-corrected chi connectivity index (χ4v) is 2.62. The molecule has 1 aliphatic rings. The van der Waals surface area contributed by atoms with Crippen molar-refractivity contribution < 1.29 is 4.74 Å². The number of hydrogen-bond donors (Lipinski definition) is 1. The minimum atomic E-state index is 0.570. The Morgan fingerprint density at radius 2 is 2.33 bits per heavy atom. The van der Waals surface area contributed by atoms with Gasteiger partial charge in [-0.3, -0.25) is 4.90 Å². The second-order valence-electron chi connectivity index (χ2n) is 5.09. The minimum absolute atomic E-state index is 0.570. The quantitative estimate of drug-likeness (QED) is 0.814. The van der Waals surface area contributed by atoms with Crippen LogP contribution in [0.3, 0.4) is 0 Å². The zero-order valence-corrected chi connectivity index (χ0v) is 11.3. The molecule has 18 heavy (non-hydrogen) atoms. The van der Waals surface area contributed by atoms with E-state index in [1.807, 2.05) is 12.1 Å². The number of nitrogens with two attached hydrogens (primary N) is 1. The normalized spacial score (nSPS) is 20.2. The summed E-state index contributed by atoms with van der Waals surface area (Å²) in [6.45, 7) is 6.14. The zero-order valence-electron chi connectivity index (χ0n) is 11.3. The lowest BCUT2D eigenvalue weighted by molar-refractivity contribution is 0.0145. The molecular weight excluding hydrogens is 224 g/mol. The van der Waals surface area contributed by atoms with Gasteiger partial charge in [0, 0.05) is 24.9 Å². The smallest absolute Gasteiger partial charge is 0.0621 e. The van der Waals surface area contributed by atoms with Crippen molar-refractivity contribution in [3.05, 3.63) is 29.8 Å². The highest BCUT2D eigenvalue weighted by Crippen LogP contribution is 2.18. The molecule has 1 fully saturated rings. The van der Waals surface area contributed by atoms with Gasteiger partial charge in [-0.15, -0.1) is 0 Å². The first-order chi connectivity index (χ1) is 8.79. The predicted molar refractivity (Wildman–Crippen MR) is 75.4 cm³/mol. The Hall–Kier alpha value is -1.06. The molecule has 0 aliphatic carbocycles. The largest absolute Gasteiger partial charge is 0.399 e. The van der Waals surface area contributed by atoms with Crippen LogP contribution < -0.4 is 5.73 Å². The van der Waals surface area contributed by atoms with Gasteiger partial charge < -0.3 is 10.5 Å². The lowest BCUT2D eigenvalue weighted by Gasteiger charge is -2.34. The monoisotopic (exact) mass is 248 g/mol. The maximum Gasteiger partial charge on any atom is 0.0621 e. The van der Waals surface area contributed by atoms with E-state index in [1.54, 1.807) is 0 Å². The van der Waals surface area contributed by atoms with Crippen LogP contribution in [0.15, 0.2) is 24.3 Å². The molecule has 0 bridgehead atoms. The molecule has 2 rings (SSSR count). The van der Waals surface area contributed by atoms with Gasteiger partial charge in [0.15, 0.2) is 0 Å². The van der Waals surface area contributed by atoms with Gasteiger partial charge >= 0.3 is 0 Å². The Labute approximate surface area is 110 Å². The molecule has 3 nitrogen and oxygen atoms in total. The summed E-state index contributed by atoms with van der Waals surface area (Å²) in [5.74, 6) is 0. The third-order valence-electron chi connectivity index (χ3n) is 3.50. The van der Waals surface area contributed by atoms with Crippen LogP contribution in [0.4, 0.5) is 5.69 Å². The van der Waals surface area contributed by atoms with E-state index in [-0.39, 0.29) is 0 Å². The molecule has 0 saturated carbocycles. The van der Waals surface area contributed by atoms with Crippen LogP contribution in [0.1, 0.15) is 31.7 Å². The van der Waals surface area contributed by atoms with Crippen molar-refractivity contribution in [1.82, 2.24) is 4.90 Å². The average Bonchev–Trinajstić information content (AvgIpc) is 2.39. The molecule has 1 atom stereocenters. The van der Waals surface area contributed by atoms with Gasteiger partial charge in [0.2, 0.25) is 0 Å². The molecule has 1 aliphatic heterocycles. The SMILES string of the molecule is CCCN(Cc1cccc(N)c1)C1CCCOC1. The van der Waals surface area contributed by atoms with Crippen LogP contribution in [-0.4, -0.2) is 30.7 Å². The number of rotatable bonds is 5. The first-order valence-electron chi connectivity index (χ1n) is 6.96. The lowest BCUT2D eigenvalue weighted by atomic mass is 10.1. The summed E-state index contributed by atoms with van der Waals surface area (Å²) in [5, 5.41) is 0. The van der Waals surface area contributed by atoms with Crippen LogP contribution >= 0.6 is 0 Å². The van der Waals surface area contributed by atoms with Crippen LogP contribution in [0.2, 0.25) is 0 Å². The Balaban J connectivity index is 2.00. The lowest BCUT2D eigenvalue weighted by Crippen LogP contribution is -2.41. The highest BCUT2D eigenvalue weighted by Gasteiger charge is 2.21. The van der Waals surface area contributed by atoms with Gasteiger partial charge in [0.25, 0.3) is 0 Å². The van der Waals surface area contributed by atoms with E-state index in [0.717, 1.165) is 32.0 Å². The van der Waals surface area contributed by atoms with E-state index in [0.29, 0.717) is 6.04 Å². The van der Waals surface area contributed by atoms with Gasteiger partial charge in [-0.25, -0.2) is 0 Å². The molecule has 2 N–H and O–H groups in total. The first kappa shape index (κ1) is 13.4. The molecule has 1 unspecified atom stereocenters. The number of benzene rings is 1. The maximum atomic E-state index is 5.84. The van der Waals surface area contributed by atoms with E-state index in [1.165, 1.54) is 24.8 Å². The fourth-order valence-electron chi connectivity index (χ4n) is 2.62. The van der Waals surface area contributed by atoms with Gasteiger partial charge in [-0.05, 0) is 43.5 Å². The Morgan fingerprint density at radius 1 is 1.44 bits per heavy atom. The topological polar surface area (TPSA) is 38.5 Å². The molecule has 1 aromatic rings. The van der Waals surface area contributed by atoms with Gasteiger partial charge in [-0.2, -0.15) is 0 Å². The molecular formula is C15H24N2O. The highest BCUT2D eigenvalue weighted by molar-refractivity contribution is 5.40. The van der Waals surface area contributed by atoms with E-state index in [2.05, 4.69) is 24.0 Å². The van der Waals surface area contributed by atoms with Crippen molar-refractivity contribution in [2.75, 3.05) is 25.5 Å². The molecule has 0 radical (unpaired) electrons. The van der Waals surface area contributed by atoms with Crippen LogP contribution in [0, 0.1) is 0 Å². The van der Waals surface area contributed by atoms with E-state index in [9.17, 15) is 0 Å². The summed E-state index contributed by atoms with van der Waals surface area (Å²) in [5.41, 5.74) is 7.99. The van der Waals surface area contributed by atoms with Gasteiger partial charge in [-0.1, -0.05) is 19.1 Å². The molecule has 1 heterocycles. The second-order valence-corrected chi connectivity index (χ2v) is 5.09. The number of nitrogens with zero attached hydrogens (tertiary/aromatic N) is 1. The summed E-state index contributed by atoms with van der Waals surface area (Å²) < 4.78 is 5.60. The van der Waals surface area contributed by atoms with Crippen molar-refractivity contribution in [1.29, 1.82) is 0 Å². The second kappa shape index (κ2) is 6.76. The first-order valence-corrected chi connectivity index (χ1v) is 6.96. The Morgan fingerprint density at radius 3 is 3.00 bits per heavy atom. The summed E-state index contributed by atoms with van der Waals surface area (Å²) in [4.78, 5) is 2.54. The number of anilines is 1. The van der Waals surface area contributed by atoms with Crippen LogP contribution in [-0.2, 0) is 11.3 Å². The standard InChI is InChI=1S/C15H24N2O/c1-2-8-17(15-7-4-9-18-12-15)11-13-5-3-6-14(16)10-13/h3,5-6,10,15H,2,4,7-9,11-12,16H2,1H3. The molecule has 1 aromatic carbocycles. The van der Waals surface area contributed by atoms with Crippen molar-refractivity contribution >= 4 is 5.69 Å². The van der Waals surface area contributed by atoms with Crippen molar-refractivity contribution in [2.45, 2.75) is 38.8 Å². The average molecular weight is 248 g/mol. The number of hydrogen-bond acceptors (Lipinski definition) is 3. The van der Waals surface area contributed by atoms with E-state index < -0.39 is 0 Å². The summed E-state index contributed by atoms with van der Waals surface area (Å²) in [6, 6.07) is 8.78. The predicted octanol–water partition coefficient (Wildman–Crippen LogP) is 2.66. The molecule has 0 spiro atoms. The van der Waals surface area contributed by atoms with E-state index in [4.69, 9.17) is 10.5 Å². The van der Waals surface area contributed by atoms with Gasteiger partial charge in [0.1, 0.15) is 0 Å². The van der Waals surface area contributed by atoms with Crippen molar-refractivity contribution in [2.24, 2.45) is 0 Å². The minimum Gasteiger partial charge on any atom is -0.399 e. The molecule has 0 amide bonds.